The minimum Gasteiger partial charge on any atom is -0.494 e. The Hall–Kier alpha value is -3.28. The lowest BCUT2D eigenvalue weighted by Gasteiger charge is -2.12. The van der Waals surface area contributed by atoms with Crippen LogP contribution in [0.2, 0.25) is 0 Å². The number of hydrogen-bond acceptors (Lipinski definition) is 5. The van der Waals surface area contributed by atoms with Gasteiger partial charge in [-0.25, -0.2) is 0 Å². The van der Waals surface area contributed by atoms with Crippen LogP contribution in [-0.4, -0.2) is 36.5 Å². The first-order valence-electron chi connectivity index (χ1n) is 10.8. The minimum absolute atomic E-state index is 0.273. The molecule has 1 N–H and O–H groups in total. The molecule has 0 aliphatic carbocycles. The van der Waals surface area contributed by atoms with Crippen molar-refractivity contribution in [2.24, 2.45) is 5.92 Å². The second-order valence-electron chi connectivity index (χ2n) is 7.84. The van der Waals surface area contributed by atoms with E-state index < -0.39 is 0 Å². The molecule has 1 aliphatic rings. The second kappa shape index (κ2) is 10.2. The van der Waals surface area contributed by atoms with E-state index in [4.69, 9.17) is 9.47 Å². The van der Waals surface area contributed by atoms with Crippen molar-refractivity contribution in [3.05, 3.63) is 59.8 Å². The molecule has 1 heterocycles. The van der Waals surface area contributed by atoms with Gasteiger partial charge in [0.2, 0.25) is 0 Å². The first-order valence-corrected chi connectivity index (χ1v) is 10.8. The molecule has 1 aliphatic heterocycles. The highest BCUT2D eigenvalue weighted by Gasteiger charge is 2.38. The monoisotopic (exact) mass is 422 g/mol. The van der Waals surface area contributed by atoms with Crippen molar-refractivity contribution >= 4 is 23.1 Å². The third-order valence-electron chi connectivity index (χ3n) is 4.79. The van der Waals surface area contributed by atoms with Crippen LogP contribution in [0, 0.1) is 5.92 Å². The van der Waals surface area contributed by atoms with Crippen LogP contribution < -0.4 is 14.8 Å². The molecule has 0 atom stereocenters. The van der Waals surface area contributed by atoms with E-state index in [1.807, 2.05) is 55.5 Å². The zero-order valence-corrected chi connectivity index (χ0v) is 18.6. The molecule has 6 nitrogen and oxygen atoms in total. The largest absolute Gasteiger partial charge is 0.494 e. The summed E-state index contributed by atoms with van der Waals surface area (Å²) in [6.07, 6.45) is 0.905. The maximum Gasteiger partial charge on any atom is 0.278 e. The zero-order valence-electron chi connectivity index (χ0n) is 18.6. The van der Waals surface area contributed by atoms with Crippen molar-refractivity contribution in [1.82, 2.24) is 4.90 Å². The van der Waals surface area contributed by atoms with E-state index in [1.54, 1.807) is 6.92 Å². The quantitative estimate of drug-likeness (QED) is 0.561. The van der Waals surface area contributed by atoms with Gasteiger partial charge in [0, 0.05) is 18.3 Å². The Kier molecular flexibility index (Phi) is 7.34. The summed E-state index contributed by atoms with van der Waals surface area (Å²) in [5.41, 5.74) is 2.00. The molecule has 2 amide bonds. The summed E-state index contributed by atoms with van der Waals surface area (Å²) in [5, 5.41) is 3.16. The third kappa shape index (κ3) is 5.26. The molecule has 164 valence electrons. The van der Waals surface area contributed by atoms with Crippen molar-refractivity contribution in [1.29, 1.82) is 0 Å². The SMILES string of the molecule is CCCOc1cccc(NC2=C(c3ccc(OCC(C)C)cc3)C(=O)N(CC)C2=O)c1. The molecule has 0 radical (unpaired) electrons. The second-order valence-corrected chi connectivity index (χ2v) is 7.84. The smallest absolute Gasteiger partial charge is 0.278 e. The summed E-state index contributed by atoms with van der Waals surface area (Å²) in [5.74, 6) is 1.23. The van der Waals surface area contributed by atoms with Gasteiger partial charge in [-0.05, 0) is 49.1 Å². The molecule has 2 aromatic rings. The predicted octanol–water partition coefficient (Wildman–Crippen LogP) is 4.72. The van der Waals surface area contributed by atoms with Gasteiger partial charge < -0.3 is 14.8 Å². The number of nitrogens with zero attached hydrogens (tertiary/aromatic N) is 1. The van der Waals surface area contributed by atoms with Crippen molar-refractivity contribution in [2.75, 3.05) is 25.1 Å². The third-order valence-corrected chi connectivity index (χ3v) is 4.79. The fourth-order valence-electron chi connectivity index (χ4n) is 3.26. The summed E-state index contributed by atoms with van der Waals surface area (Å²) in [6.45, 7) is 9.54. The molecule has 2 aromatic carbocycles. The Morgan fingerprint density at radius 3 is 2.32 bits per heavy atom. The number of carbonyl (C=O) groups excluding carboxylic acids is 2. The lowest BCUT2D eigenvalue weighted by atomic mass is 10.0. The highest BCUT2D eigenvalue weighted by atomic mass is 16.5. The van der Waals surface area contributed by atoms with Gasteiger partial charge in [-0.1, -0.05) is 39.0 Å². The molecular weight excluding hydrogens is 392 g/mol. The van der Waals surface area contributed by atoms with Crippen LogP contribution in [0.5, 0.6) is 11.5 Å². The van der Waals surface area contributed by atoms with Crippen LogP contribution in [-0.2, 0) is 9.59 Å². The van der Waals surface area contributed by atoms with Crippen LogP contribution in [0.3, 0.4) is 0 Å². The maximum atomic E-state index is 13.0. The molecule has 0 aromatic heterocycles. The number of hydrogen-bond donors (Lipinski definition) is 1. The Balaban J connectivity index is 1.92. The highest BCUT2D eigenvalue weighted by Crippen LogP contribution is 2.32. The number of ether oxygens (including phenoxy) is 2. The average molecular weight is 423 g/mol. The van der Waals surface area contributed by atoms with Gasteiger partial charge in [0.15, 0.2) is 0 Å². The summed E-state index contributed by atoms with van der Waals surface area (Å²) < 4.78 is 11.4. The Morgan fingerprint density at radius 1 is 0.935 bits per heavy atom. The minimum atomic E-state index is -0.331. The predicted molar refractivity (Wildman–Crippen MR) is 122 cm³/mol. The Bertz CT molecular complexity index is 964. The molecule has 0 spiro atoms. The van der Waals surface area contributed by atoms with E-state index in [0.29, 0.717) is 48.2 Å². The van der Waals surface area contributed by atoms with E-state index in [0.717, 1.165) is 12.2 Å². The average Bonchev–Trinajstić information content (AvgIpc) is 3.00. The molecule has 6 heteroatoms. The summed E-state index contributed by atoms with van der Waals surface area (Å²) in [7, 11) is 0. The number of amides is 2. The molecule has 0 bridgehead atoms. The molecule has 0 fully saturated rings. The summed E-state index contributed by atoms with van der Waals surface area (Å²) in [4.78, 5) is 27.2. The highest BCUT2D eigenvalue weighted by molar-refractivity contribution is 6.36. The Morgan fingerprint density at radius 2 is 1.68 bits per heavy atom. The number of carbonyl (C=O) groups is 2. The van der Waals surface area contributed by atoms with E-state index in [1.165, 1.54) is 4.90 Å². The lowest BCUT2D eigenvalue weighted by molar-refractivity contribution is -0.136. The van der Waals surface area contributed by atoms with E-state index in [9.17, 15) is 9.59 Å². The number of nitrogens with one attached hydrogen (secondary N) is 1. The number of likely N-dealkylation sites (N-methyl/N-ethyl adjacent to an activating group) is 1. The van der Waals surface area contributed by atoms with Crippen molar-refractivity contribution in [3.8, 4) is 11.5 Å². The summed E-state index contributed by atoms with van der Waals surface area (Å²) >= 11 is 0. The van der Waals surface area contributed by atoms with Gasteiger partial charge in [0.1, 0.15) is 17.2 Å². The van der Waals surface area contributed by atoms with Gasteiger partial charge in [0.25, 0.3) is 11.8 Å². The van der Waals surface area contributed by atoms with Gasteiger partial charge >= 0.3 is 0 Å². The van der Waals surface area contributed by atoms with Crippen molar-refractivity contribution in [3.63, 3.8) is 0 Å². The van der Waals surface area contributed by atoms with Crippen LogP contribution >= 0.6 is 0 Å². The fourth-order valence-corrected chi connectivity index (χ4v) is 3.26. The number of imide groups is 1. The zero-order chi connectivity index (χ0) is 22.4. The molecule has 31 heavy (non-hydrogen) atoms. The maximum absolute atomic E-state index is 13.0. The number of benzene rings is 2. The van der Waals surface area contributed by atoms with Gasteiger partial charge in [-0.2, -0.15) is 0 Å². The molecule has 3 rings (SSSR count). The molecule has 0 unspecified atom stereocenters. The first kappa shape index (κ1) is 22.4. The Labute approximate surface area is 183 Å². The standard InChI is InChI=1S/C25H30N2O4/c1-5-14-30-21-9-7-8-19(15-21)26-23-22(24(28)27(6-2)25(23)29)18-10-12-20(13-11-18)31-16-17(3)4/h7-13,15,17,26H,5-6,14,16H2,1-4H3. The fraction of sp³-hybridized carbons (Fsp3) is 0.360. The summed E-state index contributed by atoms with van der Waals surface area (Å²) in [6, 6.07) is 14.7. The number of rotatable bonds is 10. The van der Waals surface area contributed by atoms with Gasteiger partial charge in [0.05, 0.1) is 18.8 Å². The number of anilines is 1. The van der Waals surface area contributed by atoms with E-state index >= 15 is 0 Å². The van der Waals surface area contributed by atoms with Crippen LogP contribution in [0.25, 0.3) is 5.57 Å². The van der Waals surface area contributed by atoms with E-state index in [2.05, 4.69) is 19.2 Å². The van der Waals surface area contributed by atoms with Crippen molar-refractivity contribution in [2.45, 2.75) is 34.1 Å². The topological polar surface area (TPSA) is 67.9 Å². The molecular formula is C25H30N2O4. The lowest BCUT2D eigenvalue weighted by Crippen LogP contribution is -2.32. The first-order chi connectivity index (χ1) is 14.9. The van der Waals surface area contributed by atoms with E-state index in [-0.39, 0.29) is 17.5 Å². The molecule has 0 saturated carbocycles. The van der Waals surface area contributed by atoms with Crippen LogP contribution in [0.15, 0.2) is 54.2 Å². The van der Waals surface area contributed by atoms with Gasteiger partial charge in [-0.15, -0.1) is 0 Å². The van der Waals surface area contributed by atoms with Crippen LogP contribution in [0.4, 0.5) is 5.69 Å². The molecule has 0 saturated heterocycles. The normalized spacial score (nSPS) is 13.9. The van der Waals surface area contributed by atoms with Gasteiger partial charge in [-0.3, -0.25) is 14.5 Å². The van der Waals surface area contributed by atoms with Crippen molar-refractivity contribution < 1.29 is 19.1 Å². The van der Waals surface area contributed by atoms with Crippen LogP contribution in [0.1, 0.15) is 39.7 Å².